The smallest absolute Gasteiger partial charge is 0.274 e. The van der Waals surface area contributed by atoms with Crippen molar-refractivity contribution in [1.82, 2.24) is 14.1 Å². The molecular formula is C29H19N3O. The van der Waals surface area contributed by atoms with Gasteiger partial charge < -0.3 is 9.55 Å². The minimum absolute atomic E-state index is 0.0995. The Morgan fingerprint density at radius 3 is 1.64 bits per heavy atom. The zero-order chi connectivity index (χ0) is 21.9. The van der Waals surface area contributed by atoms with Crippen molar-refractivity contribution < 1.29 is 0 Å². The summed E-state index contributed by atoms with van der Waals surface area (Å²) in [6.07, 6.45) is 0. The third kappa shape index (κ3) is 2.43. The Labute approximate surface area is 188 Å². The SMILES string of the molecule is O=c1[nH]c2c(c3ccccc3n2-c2ccccc2)c2c3ccccc3n(-c3ccccc3)c12. The van der Waals surface area contributed by atoms with Gasteiger partial charge in [0.15, 0.2) is 0 Å². The van der Waals surface area contributed by atoms with Crippen LogP contribution in [0.5, 0.6) is 0 Å². The Balaban J connectivity index is 1.79. The molecule has 4 nitrogen and oxygen atoms in total. The van der Waals surface area contributed by atoms with Crippen LogP contribution in [0, 0.1) is 0 Å². The molecule has 0 amide bonds. The second-order valence-electron chi connectivity index (χ2n) is 8.28. The Morgan fingerprint density at radius 2 is 1.00 bits per heavy atom. The molecule has 4 heteroatoms. The lowest BCUT2D eigenvalue weighted by atomic mass is 10.1. The van der Waals surface area contributed by atoms with Crippen LogP contribution >= 0.6 is 0 Å². The van der Waals surface area contributed by atoms with Gasteiger partial charge >= 0.3 is 0 Å². The first-order chi connectivity index (χ1) is 16.3. The maximum Gasteiger partial charge on any atom is 0.274 e. The summed E-state index contributed by atoms with van der Waals surface area (Å²) in [6.45, 7) is 0. The number of nitrogens with zero attached hydrogens (tertiary/aromatic N) is 2. The first-order valence-electron chi connectivity index (χ1n) is 11.0. The van der Waals surface area contributed by atoms with Gasteiger partial charge in [0.1, 0.15) is 11.2 Å². The molecule has 0 aliphatic heterocycles. The van der Waals surface area contributed by atoms with E-state index < -0.39 is 0 Å². The van der Waals surface area contributed by atoms with Gasteiger partial charge in [-0.15, -0.1) is 0 Å². The molecule has 0 bridgehead atoms. The van der Waals surface area contributed by atoms with Gasteiger partial charge in [-0.25, -0.2) is 0 Å². The molecule has 0 saturated carbocycles. The normalized spacial score (nSPS) is 11.8. The van der Waals surface area contributed by atoms with Crippen molar-refractivity contribution in [3.05, 3.63) is 120 Å². The standard InChI is InChI=1S/C29H19N3O/c33-29-27-25(21-15-7-9-17-23(21)31(27)19-11-3-1-4-12-19)26-22-16-8-10-18-24(22)32(28(26)30-29)20-13-5-2-6-14-20/h1-18H,(H,30,33). The van der Waals surface area contributed by atoms with Crippen molar-refractivity contribution in [2.75, 3.05) is 0 Å². The average Bonchev–Trinajstić information content (AvgIpc) is 3.38. The fourth-order valence-electron chi connectivity index (χ4n) is 5.18. The highest BCUT2D eigenvalue weighted by Crippen LogP contribution is 2.39. The number of fused-ring (bicyclic) bond motifs is 7. The maximum atomic E-state index is 13.7. The van der Waals surface area contributed by atoms with E-state index in [1.54, 1.807) is 0 Å². The second-order valence-corrected chi connectivity index (χ2v) is 8.28. The fraction of sp³-hybridized carbons (Fsp3) is 0. The van der Waals surface area contributed by atoms with E-state index in [0.717, 1.165) is 49.6 Å². The van der Waals surface area contributed by atoms with Gasteiger partial charge in [-0.05, 0) is 36.4 Å². The molecule has 33 heavy (non-hydrogen) atoms. The number of aromatic amines is 1. The third-order valence-electron chi connectivity index (χ3n) is 6.48. The molecule has 0 fully saturated rings. The summed E-state index contributed by atoms with van der Waals surface area (Å²) in [6, 6.07) is 36.9. The van der Waals surface area contributed by atoms with Crippen LogP contribution in [-0.4, -0.2) is 14.1 Å². The van der Waals surface area contributed by atoms with E-state index in [1.807, 2.05) is 66.7 Å². The number of pyridine rings is 1. The first kappa shape index (κ1) is 18.0. The first-order valence-corrected chi connectivity index (χ1v) is 11.0. The molecule has 0 spiro atoms. The molecule has 4 aromatic carbocycles. The highest BCUT2D eigenvalue weighted by molar-refractivity contribution is 6.27. The van der Waals surface area contributed by atoms with Crippen LogP contribution in [0.3, 0.4) is 0 Å². The van der Waals surface area contributed by atoms with Crippen molar-refractivity contribution in [3.8, 4) is 11.4 Å². The number of aromatic nitrogens is 3. The van der Waals surface area contributed by atoms with E-state index in [1.165, 1.54) is 0 Å². The lowest BCUT2D eigenvalue weighted by Crippen LogP contribution is -2.11. The molecule has 0 unspecified atom stereocenters. The minimum atomic E-state index is -0.0995. The van der Waals surface area contributed by atoms with Gasteiger partial charge in [-0.2, -0.15) is 0 Å². The third-order valence-corrected chi connectivity index (χ3v) is 6.48. The number of benzene rings is 4. The Kier molecular flexibility index (Phi) is 3.67. The molecule has 1 N–H and O–H groups in total. The van der Waals surface area contributed by atoms with Gasteiger partial charge in [0.05, 0.1) is 11.0 Å². The molecule has 7 rings (SSSR count). The van der Waals surface area contributed by atoms with E-state index >= 15 is 0 Å². The van der Waals surface area contributed by atoms with Crippen LogP contribution in [0.2, 0.25) is 0 Å². The van der Waals surface area contributed by atoms with Crippen LogP contribution in [0.15, 0.2) is 114 Å². The van der Waals surface area contributed by atoms with Crippen LogP contribution in [-0.2, 0) is 0 Å². The highest BCUT2D eigenvalue weighted by atomic mass is 16.1. The molecular weight excluding hydrogens is 406 g/mol. The van der Waals surface area contributed by atoms with Gasteiger partial charge in [-0.1, -0.05) is 72.8 Å². The molecule has 0 aliphatic rings. The minimum Gasteiger partial charge on any atom is -0.306 e. The lowest BCUT2D eigenvalue weighted by molar-refractivity contribution is 1.11. The Bertz CT molecular complexity index is 1870. The predicted molar refractivity (Wildman–Crippen MR) is 136 cm³/mol. The number of para-hydroxylation sites is 4. The molecule has 7 aromatic rings. The van der Waals surface area contributed by atoms with Crippen LogP contribution in [0.4, 0.5) is 0 Å². The molecule has 156 valence electrons. The summed E-state index contributed by atoms with van der Waals surface area (Å²) in [5, 5.41) is 4.24. The number of H-pyrrole nitrogens is 1. The topological polar surface area (TPSA) is 42.7 Å². The predicted octanol–water partition coefficient (Wildman–Crippen LogP) is 6.57. The van der Waals surface area contributed by atoms with E-state index in [-0.39, 0.29) is 5.56 Å². The van der Waals surface area contributed by atoms with E-state index in [2.05, 4.69) is 56.6 Å². The summed E-state index contributed by atoms with van der Waals surface area (Å²) in [5.74, 6) is 0. The summed E-state index contributed by atoms with van der Waals surface area (Å²) < 4.78 is 4.23. The van der Waals surface area contributed by atoms with Crippen molar-refractivity contribution in [2.45, 2.75) is 0 Å². The lowest BCUT2D eigenvalue weighted by Gasteiger charge is -2.08. The van der Waals surface area contributed by atoms with Gasteiger partial charge in [0.2, 0.25) is 0 Å². The number of hydrogen-bond acceptors (Lipinski definition) is 1. The average molecular weight is 425 g/mol. The zero-order valence-electron chi connectivity index (χ0n) is 17.7. The molecule has 0 saturated heterocycles. The second kappa shape index (κ2) is 6.71. The Morgan fingerprint density at radius 1 is 0.515 bits per heavy atom. The largest absolute Gasteiger partial charge is 0.306 e. The highest BCUT2D eigenvalue weighted by Gasteiger charge is 2.22. The van der Waals surface area contributed by atoms with Crippen molar-refractivity contribution >= 4 is 43.7 Å². The van der Waals surface area contributed by atoms with Gasteiger partial charge in [0, 0.05) is 32.9 Å². The van der Waals surface area contributed by atoms with Crippen LogP contribution in [0.25, 0.3) is 55.1 Å². The van der Waals surface area contributed by atoms with E-state index in [9.17, 15) is 4.79 Å². The molecule has 3 heterocycles. The van der Waals surface area contributed by atoms with Crippen LogP contribution in [0.1, 0.15) is 0 Å². The Hall–Kier alpha value is -4.57. The summed E-state index contributed by atoms with van der Waals surface area (Å²) in [7, 11) is 0. The van der Waals surface area contributed by atoms with Crippen molar-refractivity contribution in [1.29, 1.82) is 0 Å². The number of hydrogen-bond donors (Lipinski definition) is 1. The molecule has 0 radical (unpaired) electrons. The van der Waals surface area contributed by atoms with Crippen molar-refractivity contribution in [2.24, 2.45) is 0 Å². The summed E-state index contributed by atoms with van der Waals surface area (Å²) >= 11 is 0. The monoisotopic (exact) mass is 425 g/mol. The van der Waals surface area contributed by atoms with Gasteiger partial charge in [-0.3, -0.25) is 9.36 Å². The van der Waals surface area contributed by atoms with E-state index in [0.29, 0.717) is 5.52 Å². The molecule has 0 aliphatic carbocycles. The number of nitrogens with one attached hydrogen (secondary N) is 1. The van der Waals surface area contributed by atoms with Gasteiger partial charge in [0.25, 0.3) is 5.56 Å². The summed E-state index contributed by atoms with van der Waals surface area (Å²) in [5.41, 5.74) is 5.47. The zero-order valence-corrected chi connectivity index (χ0v) is 17.7. The molecule has 0 atom stereocenters. The summed E-state index contributed by atoms with van der Waals surface area (Å²) in [4.78, 5) is 17.0. The number of rotatable bonds is 2. The van der Waals surface area contributed by atoms with E-state index in [4.69, 9.17) is 0 Å². The maximum absolute atomic E-state index is 13.7. The van der Waals surface area contributed by atoms with Crippen LogP contribution < -0.4 is 5.56 Å². The fourth-order valence-corrected chi connectivity index (χ4v) is 5.18. The van der Waals surface area contributed by atoms with Crippen molar-refractivity contribution in [3.63, 3.8) is 0 Å². The molecule has 3 aromatic heterocycles. The quantitative estimate of drug-likeness (QED) is 0.334.